The highest BCUT2D eigenvalue weighted by Gasteiger charge is 2.17. The van der Waals surface area contributed by atoms with Gasteiger partial charge in [-0.05, 0) is 30.3 Å². The largest absolute Gasteiger partial charge is 0.292 e. The molecule has 0 atom stereocenters. The lowest BCUT2D eigenvalue weighted by Gasteiger charge is -2.09. The van der Waals surface area contributed by atoms with Crippen LogP contribution in [0.5, 0.6) is 0 Å². The second-order valence-electron chi connectivity index (χ2n) is 4.38. The van der Waals surface area contributed by atoms with E-state index in [9.17, 15) is 4.39 Å². The molecule has 6 heteroatoms. The van der Waals surface area contributed by atoms with Gasteiger partial charge in [-0.2, -0.15) is 5.26 Å². The number of hydrogen-bond donors (Lipinski definition) is 0. The Morgan fingerprint density at radius 2 is 2.14 bits per heavy atom. The van der Waals surface area contributed by atoms with Crippen molar-refractivity contribution in [2.45, 2.75) is 5.88 Å². The number of benzene rings is 2. The van der Waals surface area contributed by atoms with Crippen molar-refractivity contribution in [3.05, 3.63) is 58.1 Å². The van der Waals surface area contributed by atoms with Crippen LogP contribution in [0.1, 0.15) is 11.4 Å². The average molecular weight is 365 g/mol. The van der Waals surface area contributed by atoms with Crippen LogP contribution >= 0.6 is 27.5 Å². The summed E-state index contributed by atoms with van der Waals surface area (Å²) in [6, 6.07) is 12.0. The van der Waals surface area contributed by atoms with Gasteiger partial charge >= 0.3 is 0 Å². The van der Waals surface area contributed by atoms with Crippen LogP contribution in [0.25, 0.3) is 16.7 Å². The number of para-hydroxylation sites is 1. The van der Waals surface area contributed by atoms with E-state index in [1.54, 1.807) is 34.9 Å². The summed E-state index contributed by atoms with van der Waals surface area (Å²) in [6.45, 7) is 0. The summed E-state index contributed by atoms with van der Waals surface area (Å²) in [4.78, 5) is 4.38. The summed E-state index contributed by atoms with van der Waals surface area (Å²) in [5, 5.41) is 9.16. The van der Waals surface area contributed by atoms with Gasteiger partial charge in [0.25, 0.3) is 0 Å². The first-order valence-corrected chi connectivity index (χ1v) is 7.40. The van der Waals surface area contributed by atoms with Gasteiger partial charge in [0.15, 0.2) is 0 Å². The first-order valence-electron chi connectivity index (χ1n) is 6.07. The van der Waals surface area contributed by atoms with Crippen LogP contribution < -0.4 is 0 Å². The highest BCUT2D eigenvalue weighted by molar-refractivity contribution is 9.10. The molecule has 0 spiro atoms. The molecule has 0 saturated heterocycles. The van der Waals surface area contributed by atoms with Gasteiger partial charge in [-0.1, -0.05) is 22.0 Å². The quantitative estimate of drug-likeness (QED) is 0.627. The normalized spacial score (nSPS) is 10.8. The van der Waals surface area contributed by atoms with Crippen LogP contribution in [0, 0.1) is 17.1 Å². The molecule has 1 aromatic heterocycles. The Morgan fingerprint density at radius 1 is 1.33 bits per heavy atom. The number of imidazole rings is 1. The predicted octanol–water partition coefficient (Wildman–Crippen LogP) is 4.54. The van der Waals surface area contributed by atoms with Crippen LogP contribution in [0.2, 0.25) is 0 Å². The minimum Gasteiger partial charge on any atom is -0.292 e. The third kappa shape index (κ3) is 2.31. The van der Waals surface area contributed by atoms with Crippen LogP contribution in [0.15, 0.2) is 40.9 Å². The minimum atomic E-state index is -0.383. The number of fused-ring (bicyclic) bond motifs is 1. The Hall–Kier alpha value is -1.90. The monoisotopic (exact) mass is 363 g/mol. The fraction of sp³-hybridized carbons (Fsp3) is 0.0667. The molecule has 0 radical (unpaired) electrons. The van der Waals surface area contributed by atoms with Crippen molar-refractivity contribution in [1.82, 2.24) is 9.55 Å². The lowest BCUT2D eigenvalue weighted by Crippen LogP contribution is -2.02. The van der Waals surface area contributed by atoms with E-state index in [0.29, 0.717) is 28.1 Å². The molecule has 0 N–H and O–H groups in total. The van der Waals surface area contributed by atoms with E-state index < -0.39 is 0 Å². The zero-order chi connectivity index (χ0) is 15.0. The van der Waals surface area contributed by atoms with E-state index in [1.807, 2.05) is 0 Å². The number of nitrogens with zero attached hydrogens (tertiary/aromatic N) is 3. The number of alkyl halides is 1. The Balaban J connectivity index is 2.42. The molecule has 0 aliphatic rings. The lowest BCUT2D eigenvalue weighted by atomic mass is 10.2. The molecule has 0 fully saturated rings. The summed E-state index contributed by atoms with van der Waals surface area (Å²) < 4.78 is 16.6. The number of halogens is 3. The zero-order valence-corrected chi connectivity index (χ0v) is 13.0. The summed E-state index contributed by atoms with van der Waals surface area (Å²) in [5.74, 6) is 0.225. The van der Waals surface area contributed by atoms with E-state index in [2.05, 4.69) is 27.0 Å². The summed E-state index contributed by atoms with van der Waals surface area (Å²) in [6.07, 6.45) is 0. The molecule has 0 saturated carbocycles. The fourth-order valence-electron chi connectivity index (χ4n) is 2.25. The van der Waals surface area contributed by atoms with Crippen molar-refractivity contribution in [3.8, 4) is 11.8 Å². The van der Waals surface area contributed by atoms with Crippen LogP contribution in [0.4, 0.5) is 4.39 Å². The van der Waals surface area contributed by atoms with Crippen molar-refractivity contribution in [2.75, 3.05) is 0 Å². The van der Waals surface area contributed by atoms with E-state index in [0.717, 1.165) is 4.47 Å². The fourth-order valence-corrected chi connectivity index (χ4v) is 2.78. The molecule has 104 valence electrons. The highest BCUT2D eigenvalue weighted by atomic mass is 79.9. The molecule has 2 aromatic carbocycles. The smallest absolute Gasteiger partial charge is 0.147 e. The van der Waals surface area contributed by atoms with Crippen LogP contribution in [-0.2, 0) is 5.88 Å². The van der Waals surface area contributed by atoms with E-state index in [4.69, 9.17) is 16.9 Å². The Kier molecular flexibility index (Phi) is 3.66. The zero-order valence-electron chi connectivity index (χ0n) is 10.6. The third-order valence-corrected chi connectivity index (χ3v) is 3.88. The first-order chi connectivity index (χ1) is 10.2. The van der Waals surface area contributed by atoms with Gasteiger partial charge in [-0.3, -0.25) is 4.57 Å². The number of rotatable bonds is 2. The molecule has 0 aliphatic heterocycles. The van der Waals surface area contributed by atoms with Gasteiger partial charge in [-0.25, -0.2) is 9.37 Å². The summed E-state index contributed by atoms with van der Waals surface area (Å²) in [7, 11) is 0. The SMILES string of the molecule is N#Cc1cccc2c1nc(CCl)n2-c1cc(Br)ccc1F. The molecule has 1 heterocycles. The predicted molar refractivity (Wildman–Crippen MR) is 83.0 cm³/mol. The molecule has 0 unspecified atom stereocenters. The second kappa shape index (κ2) is 5.47. The Labute approximate surface area is 133 Å². The van der Waals surface area contributed by atoms with Crippen molar-refractivity contribution in [2.24, 2.45) is 0 Å². The molecule has 3 nitrogen and oxygen atoms in total. The molecule has 21 heavy (non-hydrogen) atoms. The number of hydrogen-bond acceptors (Lipinski definition) is 2. The lowest BCUT2D eigenvalue weighted by molar-refractivity contribution is 0.617. The molecule has 3 aromatic rings. The summed E-state index contributed by atoms with van der Waals surface area (Å²) in [5.41, 5.74) is 1.96. The van der Waals surface area contributed by atoms with Gasteiger partial charge in [0.05, 0.1) is 22.6 Å². The maximum atomic E-state index is 14.2. The van der Waals surface area contributed by atoms with Gasteiger partial charge in [-0.15, -0.1) is 11.6 Å². The van der Waals surface area contributed by atoms with Crippen molar-refractivity contribution >= 4 is 38.6 Å². The number of aromatic nitrogens is 2. The van der Waals surface area contributed by atoms with Crippen molar-refractivity contribution in [3.63, 3.8) is 0 Å². The van der Waals surface area contributed by atoms with Crippen LogP contribution in [0.3, 0.4) is 0 Å². The molecular weight excluding hydrogens is 357 g/mol. The standard InChI is InChI=1S/C15H8BrClFN3/c16-10-4-5-11(18)13(6-10)21-12-3-1-2-9(8-19)15(12)20-14(21)7-17/h1-6H,7H2. The van der Waals surface area contributed by atoms with E-state index in [1.165, 1.54) is 6.07 Å². The maximum absolute atomic E-state index is 14.2. The average Bonchev–Trinajstić information content (AvgIpc) is 2.88. The van der Waals surface area contributed by atoms with Crippen LogP contribution in [-0.4, -0.2) is 9.55 Å². The van der Waals surface area contributed by atoms with Crippen molar-refractivity contribution in [1.29, 1.82) is 5.26 Å². The molecule has 0 aliphatic carbocycles. The van der Waals surface area contributed by atoms with Gasteiger partial charge in [0.1, 0.15) is 23.2 Å². The molecule has 3 rings (SSSR count). The van der Waals surface area contributed by atoms with Gasteiger partial charge in [0.2, 0.25) is 0 Å². The topological polar surface area (TPSA) is 41.6 Å². The molecule has 0 bridgehead atoms. The second-order valence-corrected chi connectivity index (χ2v) is 5.56. The first kappa shape index (κ1) is 14.1. The van der Waals surface area contributed by atoms with Gasteiger partial charge < -0.3 is 0 Å². The van der Waals surface area contributed by atoms with Crippen molar-refractivity contribution < 1.29 is 4.39 Å². The van der Waals surface area contributed by atoms with Gasteiger partial charge in [0, 0.05) is 4.47 Å². The molecule has 0 amide bonds. The van der Waals surface area contributed by atoms with E-state index in [-0.39, 0.29) is 11.7 Å². The Bertz CT molecular complexity index is 882. The Morgan fingerprint density at radius 3 is 2.86 bits per heavy atom. The van der Waals surface area contributed by atoms with E-state index >= 15 is 0 Å². The molecular formula is C15H8BrClFN3. The highest BCUT2D eigenvalue weighted by Crippen LogP contribution is 2.28. The third-order valence-electron chi connectivity index (χ3n) is 3.14. The maximum Gasteiger partial charge on any atom is 0.147 e. The summed E-state index contributed by atoms with van der Waals surface area (Å²) >= 11 is 9.28. The number of nitriles is 1. The minimum absolute atomic E-state index is 0.117.